The Labute approximate surface area is 115 Å². The van der Waals surface area contributed by atoms with Gasteiger partial charge in [0.2, 0.25) is 0 Å². The molecule has 4 heteroatoms. The Bertz CT molecular complexity index is 381. The van der Waals surface area contributed by atoms with E-state index in [9.17, 15) is 0 Å². The zero-order valence-corrected chi connectivity index (χ0v) is 11.8. The fourth-order valence-corrected chi connectivity index (χ4v) is 3.11. The molecule has 2 rings (SSSR count). The molecule has 1 fully saturated rings. The van der Waals surface area contributed by atoms with Gasteiger partial charge in [-0.15, -0.1) is 0 Å². The average Bonchev–Trinajstić information content (AvgIpc) is 2.49. The van der Waals surface area contributed by atoms with E-state index in [4.69, 9.17) is 15.3 Å². The van der Waals surface area contributed by atoms with Crippen molar-refractivity contribution in [3.05, 3.63) is 23.8 Å². The number of nitrogens with two attached hydrogens (primary N) is 1. The van der Waals surface area contributed by atoms with Crippen LogP contribution in [0.1, 0.15) is 43.7 Å². The van der Waals surface area contributed by atoms with E-state index < -0.39 is 0 Å². The Morgan fingerprint density at radius 1 is 1.11 bits per heavy atom. The summed E-state index contributed by atoms with van der Waals surface area (Å²) in [6, 6.07) is 5.96. The van der Waals surface area contributed by atoms with E-state index in [1.54, 1.807) is 14.2 Å². The zero-order valence-electron chi connectivity index (χ0n) is 11.8. The highest BCUT2D eigenvalue weighted by atomic mass is 16.5. The normalized spacial score (nSPS) is 18.1. The van der Waals surface area contributed by atoms with Crippen LogP contribution in [-0.4, -0.2) is 14.2 Å². The van der Waals surface area contributed by atoms with Crippen molar-refractivity contribution in [1.82, 2.24) is 5.43 Å². The first-order chi connectivity index (χ1) is 9.31. The van der Waals surface area contributed by atoms with Crippen molar-refractivity contribution < 1.29 is 9.47 Å². The SMILES string of the molecule is COc1cccc(OC)c1C(NN)C1CCCCC1. The molecule has 3 N–H and O–H groups in total. The van der Waals surface area contributed by atoms with Crippen molar-refractivity contribution in [3.8, 4) is 11.5 Å². The van der Waals surface area contributed by atoms with Crippen molar-refractivity contribution in [1.29, 1.82) is 0 Å². The third-order valence-electron chi connectivity index (χ3n) is 4.08. The predicted molar refractivity (Wildman–Crippen MR) is 76.2 cm³/mol. The van der Waals surface area contributed by atoms with Gasteiger partial charge in [-0.3, -0.25) is 11.3 Å². The molecular formula is C15H24N2O2. The number of ether oxygens (including phenoxy) is 2. The number of hydrazine groups is 1. The molecule has 0 heterocycles. The number of benzene rings is 1. The standard InChI is InChI=1S/C15H24N2O2/c1-18-12-9-6-10-13(19-2)14(12)15(17-16)11-7-4-3-5-8-11/h6,9-11,15,17H,3-5,7-8,16H2,1-2H3. The van der Waals surface area contributed by atoms with Crippen molar-refractivity contribution in [2.45, 2.75) is 38.1 Å². The molecule has 0 bridgehead atoms. The highest BCUT2D eigenvalue weighted by Gasteiger charge is 2.29. The molecule has 1 aromatic rings. The fourth-order valence-electron chi connectivity index (χ4n) is 3.11. The molecule has 0 amide bonds. The van der Waals surface area contributed by atoms with E-state index in [-0.39, 0.29) is 6.04 Å². The topological polar surface area (TPSA) is 56.5 Å². The van der Waals surface area contributed by atoms with Gasteiger partial charge in [0, 0.05) is 0 Å². The molecule has 1 saturated carbocycles. The smallest absolute Gasteiger partial charge is 0.127 e. The maximum Gasteiger partial charge on any atom is 0.127 e. The van der Waals surface area contributed by atoms with E-state index in [0.717, 1.165) is 17.1 Å². The molecule has 0 radical (unpaired) electrons. The number of methoxy groups -OCH3 is 2. The van der Waals surface area contributed by atoms with Gasteiger partial charge < -0.3 is 9.47 Å². The maximum absolute atomic E-state index is 5.82. The molecule has 19 heavy (non-hydrogen) atoms. The van der Waals surface area contributed by atoms with Crippen LogP contribution in [0.25, 0.3) is 0 Å². The molecule has 106 valence electrons. The molecular weight excluding hydrogens is 240 g/mol. The summed E-state index contributed by atoms with van der Waals surface area (Å²) in [7, 11) is 3.37. The van der Waals surface area contributed by atoms with Crippen LogP contribution in [0.3, 0.4) is 0 Å². The van der Waals surface area contributed by atoms with Crippen LogP contribution < -0.4 is 20.7 Å². The van der Waals surface area contributed by atoms with Gasteiger partial charge in [0.05, 0.1) is 25.8 Å². The van der Waals surface area contributed by atoms with Gasteiger partial charge in [-0.1, -0.05) is 25.3 Å². The van der Waals surface area contributed by atoms with Crippen LogP contribution in [0.5, 0.6) is 11.5 Å². The van der Waals surface area contributed by atoms with Gasteiger partial charge in [-0.25, -0.2) is 0 Å². The molecule has 0 aliphatic heterocycles. The lowest BCUT2D eigenvalue weighted by atomic mass is 9.81. The lowest BCUT2D eigenvalue weighted by Gasteiger charge is -2.31. The first-order valence-corrected chi connectivity index (χ1v) is 6.98. The van der Waals surface area contributed by atoms with Gasteiger partial charge >= 0.3 is 0 Å². The minimum absolute atomic E-state index is 0.0893. The summed E-state index contributed by atoms with van der Waals surface area (Å²) in [5, 5.41) is 0. The van der Waals surface area contributed by atoms with Gasteiger partial charge in [-0.05, 0) is 30.9 Å². The summed E-state index contributed by atoms with van der Waals surface area (Å²) < 4.78 is 11.0. The first kappa shape index (κ1) is 14.2. The number of rotatable bonds is 5. The Morgan fingerprint density at radius 3 is 2.16 bits per heavy atom. The molecule has 0 saturated heterocycles. The van der Waals surface area contributed by atoms with E-state index in [0.29, 0.717) is 5.92 Å². The van der Waals surface area contributed by atoms with Crippen LogP contribution in [0.2, 0.25) is 0 Å². The summed E-state index contributed by atoms with van der Waals surface area (Å²) in [6.45, 7) is 0. The van der Waals surface area contributed by atoms with Gasteiger partial charge in [0.25, 0.3) is 0 Å². The first-order valence-electron chi connectivity index (χ1n) is 6.98. The summed E-state index contributed by atoms with van der Waals surface area (Å²) in [4.78, 5) is 0. The average molecular weight is 264 g/mol. The zero-order chi connectivity index (χ0) is 13.7. The molecule has 0 spiro atoms. The van der Waals surface area contributed by atoms with Crippen LogP contribution in [-0.2, 0) is 0 Å². The number of hydrogen-bond donors (Lipinski definition) is 2. The fraction of sp³-hybridized carbons (Fsp3) is 0.600. The van der Waals surface area contributed by atoms with Gasteiger partial charge in [0.1, 0.15) is 11.5 Å². The predicted octanol–water partition coefficient (Wildman–Crippen LogP) is 2.79. The summed E-state index contributed by atoms with van der Waals surface area (Å²) in [5.74, 6) is 8.05. The Kier molecular flexibility index (Phi) is 5.05. The quantitative estimate of drug-likeness (QED) is 0.634. The molecule has 4 nitrogen and oxygen atoms in total. The second-order valence-electron chi connectivity index (χ2n) is 5.12. The lowest BCUT2D eigenvalue weighted by molar-refractivity contribution is 0.260. The van der Waals surface area contributed by atoms with Crippen molar-refractivity contribution >= 4 is 0 Å². The van der Waals surface area contributed by atoms with Crippen LogP contribution in [0, 0.1) is 5.92 Å². The van der Waals surface area contributed by atoms with Gasteiger partial charge in [-0.2, -0.15) is 0 Å². The summed E-state index contributed by atoms with van der Waals surface area (Å²) in [6.07, 6.45) is 6.30. The summed E-state index contributed by atoms with van der Waals surface area (Å²) >= 11 is 0. The monoisotopic (exact) mass is 264 g/mol. The third kappa shape index (κ3) is 3.01. The number of nitrogens with one attached hydrogen (secondary N) is 1. The van der Waals surface area contributed by atoms with Crippen LogP contribution in [0.15, 0.2) is 18.2 Å². The third-order valence-corrected chi connectivity index (χ3v) is 4.08. The lowest BCUT2D eigenvalue weighted by Crippen LogP contribution is -2.35. The largest absolute Gasteiger partial charge is 0.496 e. The van der Waals surface area contributed by atoms with Crippen molar-refractivity contribution in [3.63, 3.8) is 0 Å². The highest BCUT2D eigenvalue weighted by Crippen LogP contribution is 2.41. The Balaban J connectivity index is 2.35. The highest BCUT2D eigenvalue weighted by molar-refractivity contribution is 5.47. The number of hydrogen-bond acceptors (Lipinski definition) is 4. The van der Waals surface area contributed by atoms with Gasteiger partial charge in [0.15, 0.2) is 0 Å². The molecule has 1 atom stereocenters. The second-order valence-corrected chi connectivity index (χ2v) is 5.12. The van der Waals surface area contributed by atoms with E-state index >= 15 is 0 Å². The minimum atomic E-state index is 0.0893. The van der Waals surface area contributed by atoms with E-state index in [1.807, 2.05) is 18.2 Å². The second kappa shape index (κ2) is 6.78. The van der Waals surface area contributed by atoms with Crippen LogP contribution in [0.4, 0.5) is 0 Å². The molecule has 1 aromatic carbocycles. The molecule has 1 aliphatic carbocycles. The van der Waals surface area contributed by atoms with Crippen molar-refractivity contribution in [2.75, 3.05) is 14.2 Å². The van der Waals surface area contributed by atoms with Crippen molar-refractivity contribution in [2.24, 2.45) is 11.8 Å². The molecule has 1 aliphatic rings. The van der Waals surface area contributed by atoms with E-state index in [2.05, 4.69) is 5.43 Å². The Hall–Kier alpha value is -1.26. The molecule has 1 unspecified atom stereocenters. The van der Waals surface area contributed by atoms with E-state index in [1.165, 1.54) is 32.1 Å². The maximum atomic E-state index is 5.82. The summed E-state index contributed by atoms with van der Waals surface area (Å²) in [5.41, 5.74) is 4.02. The Morgan fingerprint density at radius 2 is 1.68 bits per heavy atom. The molecule has 0 aromatic heterocycles. The minimum Gasteiger partial charge on any atom is -0.496 e. The van der Waals surface area contributed by atoms with Crippen LogP contribution >= 0.6 is 0 Å².